The molecule has 0 saturated carbocycles. The summed E-state index contributed by atoms with van der Waals surface area (Å²) in [7, 11) is 0. The minimum absolute atomic E-state index is 0.0793. The lowest BCUT2D eigenvalue weighted by Crippen LogP contribution is -2.03. The van der Waals surface area contributed by atoms with Gasteiger partial charge < -0.3 is 4.74 Å². The fourth-order valence-electron chi connectivity index (χ4n) is 0.942. The van der Waals surface area contributed by atoms with E-state index >= 15 is 0 Å². The van der Waals surface area contributed by atoms with E-state index in [1.165, 1.54) is 0 Å². The summed E-state index contributed by atoms with van der Waals surface area (Å²) in [5, 5.41) is 0.437. The van der Waals surface area contributed by atoms with E-state index < -0.39 is 0 Å². The standard InChI is InChI=1S/C9H18O2S/c1-3-11-9(10)7-5-4-6-8(2)12/h8,12H,3-7H2,1-2H3/t8-/m1/s1. The van der Waals surface area contributed by atoms with Gasteiger partial charge in [0, 0.05) is 6.42 Å². The Morgan fingerprint density at radius 1 is 1.50 bits per heavy atom. The molecule has 0 aliphatic carbocycles. The minimum atomic E-state index is -0.0793. The topological polar surface area (TPSA) is 26.3 Å². The predicted molar refractivity (Wildman–Crippen MR) is 53.5 cm³/mol. The third-order valence-electron chi connectivity index (χ3n) is 1.56. The van der Waals surface area contributed by atoms with Crippen LogP contribution in [0.25, 0.3) is 0 Å². The Labute approximate surface area is 80.1 Å². The molecule has 0 amide bonds. The van der Waals surface area contributed by atoms with Crippen LogP contribution < -0.4 is 0 Å². The Morgan fingerprint density at radius 2 is 2.17 bits per heavy atom. The predicted octanol–water partition coefficient (Wildman–Crippen LogP) is 2.43. The molecule has 0 spiro atoms. The molecule has 0 bridgehead atoms. The lowest BCUT2D eigenvalue weighted by atomic mass is 10.1. The normalized spacial score (nSPS) is 12.6. The zero-order chi connectivity index (χ0) is 9.40. The van der Waals surface area contributed by atoms with E-state index in [1.807, 2.05) is 6.92 Å². The highest BCUT2D eigenvalue weighted by Gasteiger charge is 2.01. The lowest BCUT2D eigenvalue weighted by molar-refractivity contribution is -0.143. The molecular formula is C9H18O2S. The van der Waals surface area contributed by atoms with E-state index in [-0.39, 0.29) is 5.97 Å². The maximum Gasteiger partial charge on any atom is 0.305 e. The molecule has 3 heteroatoms. The SMILES string of the molecule is CCOC(=O)CCCC[C@@H](C)S. The van der Waals surface area contributed by atoms with Crippen molar-refractivity contribution < 1.29 is 9.53 Å². The average molecular weight is 190 g/mol. The van der Waals surface area contributed by atoms with E-state index in [0.717, 1.165) is 19.3 Å². The van der Waals surface area contributed by atoms with Gasteiger partial charge >= 0.3 is 5.97 Å². The molecule has 12 heavy (non-hydrogen) atoms. The maximum absolute atomic E-state index is 10.8. The summed E-state index contributed by atoms with van der Waals surface area (Å²) < 4.78 is 4.79. The van der Waals surface area contributed by atoms with E-state index in [2.05, 4.69) is 19.6 Å². The number of hydrogen-bond acceptors (Lipinski definition) is 3. The molecule has 0 aliphatic rings. The molecule has 0 fully saturated rings. The van der Waals surface area contributed by atoms with E-state index in [0.29, 0.717) is 18.3 Å². The third kappa shape index (κ3) is 7.92. The van der Waals surface area contributed by atoms with Crippen molar-refractivity contribution in [1.29, 1.82) is 0 Å². The van der Waals surface area contributed by atoms with E-state index in [4.69, 9.17) is 4.74 Å². The smallest absolute Gasteiger partial charge is 0.305 e. The van der Waals surface area contributed by atoms with Crippen LogP contribution in [0.3, 0.4) is 0 Å². The Kier molecular flexibility index (Phi) is 7.36. The van der Waals surface area contributed by atoms with Crippen LogP contribution in [0, 0.1) is 0 Å². The van der Waals surface area contributed by atoms with Crippen molar-refractivity contribution in [1.82, 2.24) is 0 Å². The second-order valence-electron chi connectivity index (χ2n) is 2.90. The van der Waals surface area contributed by atoms with Gasteiger partial charge in [0.2, 0.25) is 0 Å². The zero-order valence-corrected chi connectivity index (χ0v) is 8.77. The van der Waals surface area contributed by atoms with Crippen LogP contribution in [0.15, 0.2) is 0 Å². The van der Waals surface area contributed by atoms with Crippen molar-refractivity contribution in [2.75, 3.05) is 6.61 Å². The summed E-state index contributed by atoms with van der Waals surface area (Å²) in [6.45, 7) is 4.38. The maximum atomic E-state index is 10.8. The molecule has 0 aromatic rings. The number of hydrogen-bond donors (Lipinski definition) is 1. The van der Waals surface area contributed by atoms with Gasteiger partial charge in [-0.2, -0.15) is 12.6 Å². The summed E-state index contributed by atoms with van der Waals surface area (Å²) in [6, 6.07) is 0. The summed E-state index contributed by atoms with van der Waals surface area (Å²) in [5.41, 5.74) is 0. The molecule has 0 rings (SSSR count). The van der Waals surface area contributed by atoms with Gasteiger partial charge in [0.05, 0.1) is 6.61 Å². The van der Waals surface area contributed by atoms with Gasteiger partial charge in [-0.3, -0.25) is 4.79 Å². The average Bonchev–Trinajstić information content (AvgIpc) is 1.98. The van der Waals surface area contributed by atoms with Crippen LogP contribution in [-0.2, 0) is 9.53 Å². The van der Waals surface area contributed by atoms with Gasteiger partial charge in [-0.15, -0.1) is 0 Å². The molecule has 2 nitrogen and oxygen atoms in total. The van der Waals surface area contributed by atoms with Crippen molar-refractivity contribution >= 4 is 18.6 Å². The molecule has 0 saturated heterocycles. The summed E-state index contributed by atoms with van der Waals surface area (Å²) >= 11 is 4.25. The highest BCUT2D eigenvalue weighted by molar-refractivity contribution is 7.80. The molecule has 0 heterocycles. The molecule has 72 valence electrons. The second-order valence-corrected chi connectivity index (χ2v) is 3.78. The number of rotatable bonds is 6. The van der Waals surface area contributed by atoms with Gasteiger partial charge in [-0.25, -0.2) is 0 Å². The van der Waals surface area contributed by atoms with Crippen LogP contribution in [0.2, 0.25) is 0 Å². The van der Waals surface area contributed by atoms with Crippen molar-refractivity contribution in [3.8, 4) is 0 Å². The zero-order valence-electron chi connectivity index (χ0n) is 7.88. The highest BCUT2D eigenvalue weighted by Crippen LogP contribution is 2.07. The number of unbranched alkanes of at least 4 members (excludes halogenated alkanes) is 1. The number of carbonyl (C=O) groups excluding carboxylic acids is 1. The van der Waals surface area contributed by atoms with E-state index in [9.17, 15) is 4.79 Å². The molecule has 0 radical (unpaired) electrons. The second kappa shape index (κ2) is 7.47. The monoisotopic (exact) mass is 190 g/mol. The van der Waals surface area contributed by atoms with Crippen molar-refractivity contribution in [3.05, 3.63) is 0 Å². The van der Waals surface area contributed by atoms with Gasteiger partial charge in [0.1, 0.15) is 0 Å². The van der Waals surface area contributed by atoms with Gasteiger partial charge in [0.25, 0.3) is 0 Å². The first-order valence-corrected chi connectivity index (χ1v) is 5.02. The van der Waals surface area contributed by atoms with E-state index in [1.54, 1.807) is 0 Å². The first kappa shape index (κ1) is 11.8. The Morgan fingerprint density at radius 3 is 2.67 bits per heavy atom. The third-order valence-corrected chi connectivity index (χ3v) is 1.82. The summed E-state index contributed by atoms with van der Waals surface area (Å²) in [5.74, 6) is -0.0793. The Hall–Kier alpha value is -0.180. The molecule has 0 N–H and O–H groups in total. The lowest BCUT2D eigenvalue weighted by Gasteiger charge is -2.03. The minimum Gasteiger partial charge on any atom is -0.466 e. The van der Waals surface area contributed by atoms with Crippen molar-refractivity contribution in [2.24, 2.45) is 0 Å². The summed E-state index contributed by atoms with van der Waals surface area (Å²) in [4.78, 5) is 10.8. The summed E-state index contributed by atoms with van der Waals surface area (Å²) in [6.07, 6.45) is 3.60. The first-order chi connectivity index (χ1) is 5.66. The largest absolute Gasteiger partial charge is 0.466 e. The number of ether oxygens (including phenoxy) is 1. The van der Waals surface area contributed by atoms with Crippen molar-refractivity contribution in [3.63, 3.8) is 0 Å². The molecule has 1 atom stereocenters. The molecule has 0 aromatic carbocycles. The highest BCUT2D eigenvalue weighted by atomic mass is 32.1. The van der Waals surface area contributed by atoms with Crippen LogP contribution in [0.4, 0.5) is 0 Å². The van der Waals surface area contributed by atoms with Crippen LogP contribution >= 0.6 is 12.6 Å². The van der Waals surface area contributed by atoms with Crippen LogP contribution in [0.5, 0.6) is 0 Å². The van der Waals surface area contributed by atoms with Crippen LogP contribution in [0.1, 0.15) is 39.5 Å². The Balaban J connectivity index is 3.14. The van der Waals surface area contributed by atoms with Crippen LogP contribution in [-0.4, -0.2) is 17.8 Å². The number of thiol groups is 1. The van der Waals surface area contributed by atoms with Gasteiger partial charge in [-0.05, 0) is 25.0 Å². The number of esters is 1. The molecule has 0 aliphatic heterocycles. The fraction of sp³-hybridized carbons (Fsp3) is 0.889. The number of carbonyl (C=O) groups is 1. The Bertz CT molecular complexity index is 124. The quantitative estimate of drug-likeness (QED) is 0.395. The van der Waals surface area contributed by atoms with Gasteiger partial charge in [-0.1, -0.05) is 13.3 Å². The molecule has 0 unspecified atom stereocenters. The van der Waals surface area contributed by atoms with Crippen molar-refractivity contribution in [2.45, 2.75) is 44.8 Å². The molecule has 0 aromatic heterocycles. The first-order valence-electron chi connectivity index (χ1n) is 4.50. The fourth-order valence-corrected chi connectivity index (χ4v) is 1.12. The molecular weight excluding hydrogens is 172 g/mol. The van der Waals surface area contributed by atoms with Gasteiger partial charge in [0.15, 0.2) is 0 Å².